The van der Waals surface area contributed by atoms with Gasteiger partial charge in [-0.2, -0.15) is 10.2 Å². The van der Waals surface area contributed by atoms with Crippen LogP contribution in [-0.2, 0) is 32.9 Å². The SMILES string of the molecule is CCc1nn(CCc2cnn(C)c2)c(CC)c1C(C)O. The Kier molecular flexibility index (Phi) is 4.60. The third kappa shape index (κ3) is 2.93. The highest BCUT2D eigenvalue weighted by molar-refractivity contribution is 5.29. The van der Waals surface area contributed by atoms with Crippen LogP contribution in [0.5, 0.6) is 0 Å². The van der Waals surface area contributed by atoms with E-state index in [1.807, 2.05) is 35.7 Å². The number of rotatable bonds is 6. The van der Waals surface area contributed by atoms with Crippen molar-refractivity contribution in [3.63, 3.8) is 0 Å². The first-order chi connectivity index (χ1) is 9.56. The van der Waals surface area contributed by atoms with Gasteiger partial charge in [0.25, 0.3) is 0 Å². The fraction of sp³-hybridized carbons (Fsp3) is 0.600. The van der Waals surface area contributed by atoms with E-state index in [2.05, 4.69) is 24.0 Å². The molecule has 0 spiro atoms. The van der Waals surface area contributed by atoms with Crippen molar-refractivity contribution in [1.29, 1.82) is 0 Å². The molecule has 0 aromatic carbocycles. The second-order valence-electron chi connectivity index (χ2n) is 5.19. The molecule has 0 aliphatic rings. The van der Waals surface area contributed by atoms with Crippen LogP contribution in [0.4, 0.5) is 0 Å². The summed E-state index contributed by atoms with van der Waals surface area (Å²) in [6, 6.07) is 0. The fourth-order valence-electron chi connectivity index (χ4n) is 2.70. The van der Waals surface area contributed by atoms with E-state index in [1.54, 1.807) is 0 Å². The Hall–Kier alpha value is -1.62. The van der Waals surface area contributed by atoms with Crippen molar-refractivity contribution in [3.8, 4) is 0 Å². The second-order valence-corrected chi connectivity index (χ2v) is 5.19. The van der Waals surface area contributed by atoms with Crippen LogP contribution in [0.3, 0.4) is 0 Å². The van der Waals surface area contributed by atoms with Crippen molar-refractivity contribution < 1.29 is 5.11 Å². The van der Waals surface area contributed by atoms with Gasteiger partial charge in [0.1, 0.15) is 0 Å². The van der Waals surface area contributed by atoms with E-state index < -0.39 is 6.10 Å². The van der Waals surface area contributed by atoms with Gasteiger partial charge in [-0.25, -0.2) is 0 Å². The van der Waals surface area contributed by atoms with Crippen LogP contribution in [0.15, 0.2) is 12.4 Å². The van der Waals surface area contributed by atoms with Crippen LogP contribution < -0.4 is 0 Å². The number of hydrogen-bond acceptors (Lipinski definition) is 3. The number of aromatic nitrogens is 4. The summed E-state index contributed by atoms with van der Waals surface area (Å²) in [5.74, 6) is 0. The van der Waals surface area contributed by atoms with Gasteiger partial charge < -0.3 is 5.11 Å². The number of nitrogens with zero attached hydrogens (tertiary/aromatic N) is 4. The molecule has 5 nitrogen and oxygen atoms in total. The first-order valence-electron chi connectivity index (χ1n) is 7.30. The maximum atomic E-state index is 9.98. The van der Waals surface area contributed by atoms with E-state index in [-0.39, 0.29) is 0 Å². The lowest BCUT2D eigenvalue weighted by molar-refractivity contribution is 0.197. The van der Waals surface area contributed by atoms with Crippen molar-refractivity contribution in [2.24, 2.45) is 7.05 Å². The van der Waals surface area contributed by atoms with Gasteiger partial charge in [-0.3, -0.25) is 9.36 Å². The molecule has 1 unspecified atom stereocenters. The third-order valence-electron chi connectivity index (χ3n) is 3.63. The molecular formula is C15H24N4O. The molecule has 2 aromatic heterocycles. The summed E-state index contributed by atoms with van der Waals surface area (Å²) in [7, 11) is 1.93. The summed E-state index contributed by atoms with van der Waals surface area (Å²) in [6.07, 6.45) is 6.13. The molecule has 0 aliphatic heterocycles. The van der Waals surface area contributed by atoms with Crippen molar-refractivity contribution in [2.45, 2.75) is 52.7 Å². The van der Waals surface area contributed by atoms with E-state index in [9.17, 15) is 5.11 Å². The average Bonchev–Trinajstić information content (AvgIpc) is 2.99. The van der Waals surface area contributed by atoms with Crippen LogP contribution >= 0.6 is 0 Å². The largest absolute Gasteiger partial charge is 0.389 e. The number of aliphatic hydroxyl groups is 1. The lowest BCUT2D eigenvalue weighted by Gasteiger charge is -2.09. The van der Waals surface area contributed by atoms with Crippen molar-refractivity contribution in [2.75, 3.05) is 0 Å². The molecule has 0 amide bonds. The number of aliphatic hydroxyl groups excluding tert-OH is 1. The monoisotopic (exact) mass is 276 g/mol. The van der Waals surface area contributed by atoms with Gasteiger partial charge in [-0.05, 0) is 31.7 Å². The van der Waals surface area contributed by atoms with E-state index in [0.717, 1.165) is 42.8 Å². The molecule has 0 saturated heterocycles. The average molecular weight is 276 g/mol. The normalized spacial score (nSPS) is 12.8. The summed E-state index contributed by atoms with van der Waals surface area (Å²) in [5, 5.41) is 18.8. The van der Waals surface area contributed by atoms with Gasteiger partial charge >= 0.3 is 0 Å². The van der Waals surface area contributed by atoms with E-state index >= 15 is 0 Å². The quantitative estimate of drug-likeness (QED) is 0.878. The molecular weight excluding hydrogens is 252 g/mol. The summed E-state index contributed by atoms with van der Waals surface area (Å²) < 4.78 is 3.87. The molecule has 5 heteroatoms. The Bertz CT molecular complexity index is 568. The van der Waals surface area contributed by atoms with Gasteiger partial charge in [0.05, 0.1) is 18.0 Å². The zero-order valence-electron chi connectivity index (χ0n) is 12.8. The molecule has 0 radical (unpaired) electrons. The second kappa shape index (κ2) is 6.22. The predicted octanol–water partition coefficient (Wildman–Crippen LogP) is 2.04. The molecule has 0 fully saturated rings. The first-order valence-corrected chi connectivity index (χ1v) is 7.30. The predicted molar refractivity (Wildman–Crippen MR) is 78.5 cm³/mol. The first kappa shape index (κ1) is 14.8. The van der Waals surface area contributed by atoms with Gasteiger partial charge in [0, 0.05) is 31.0 Å². The topological polar surface area (TPSA) is 55.9 Å². The fourth-order valence-corrected chi connectivity index (χ4v) is 2.70. The van der Waals surface area contributed by atoms with Gasteiger partial charge in [-0.1, -0.05) is 13.8 Å². The third-order valence-corrected chi connectivity index (χ3v) is 3.63. The number of aryl methyl sites for hydroxylation is 4. The van der Waals surface area contributed by atoms with Crippen molar-refractivity contribution >= 4 is 0 Å². The Morgan fingerprint density at radius 1 is 1.30 bits per heavy atom. The lowest BCUT2D eigenvalue weighted by atomic mass is 10.0. The maximum Gasteiger partial charge on any atom is 0.0798 e. The Balaban J connectivity index is 2.22. The highest BCUT2D eigenvalue weighted by atomic mass is 16.3. The Labute approximate surface area is 120 Å². The standard InChI is InChI=1S/C15H24N4O/c1-5-13-15(11(3)20)14(6-2)19(17-13)8-7-12-9-16-18(4)10-12/h9-11,20H,5-8H2,1-4H3. The van der Waals surface area contributed by atoms with Crippen LogP contribution in [0.1, 0.15) is 49.4 Å². The van der Waals surface area contributed by atoms with Crippen LogP contribution in [-0.4, -0.2) is 24.7 Å². The Morgan fingerprint density at radius 3 is 2.55 bits per heavy atom. The molecule has 0 bridgehead atoms. The maximum absolute atomic E-state index is 9.98. The summed E-state index contributed by atoms with van der Waals surface area (Å²) >= 11 is 0. The smallest absolute Gasteiger partial charge is 0.0798 e. The highest BCUT2D eigenvalue weighted by Crippen LogP contribution is 2.23. The molecule has 1 atom stereocenters. The van der Waals surface area contributed by atoms with Crippen molar-refractivity contribution in [1.82, 2.24) is 19.6 Å². The van der Waals surface area contributed by atoms with Crippen LogP contribution in [0.2, 0.25) is 0 Å². The zero-order chi connectivity index (χ0) is 14.7. The molecule has 2 rings (SSSR count). The van der Waals surface area contributed by atoms with Gasteiger partial charge in [0.15, 0.2) is 0 Å². The summed E-state index contributed by atoms with van der Waals surface area (Å²) in [6.45, 7) is 6.84. The molecule has 110 valence electrons. The van der Waals surface area contributed by atoms with Crippen LogP contribution in [0.25, 0.3) is 0 Å². The van der Waals surface area contributed by atoms with Crippen LogP contribution in [0, 0.1) is 0 Å². The number of hydrogen-bond donors (Lipinski definition) is 1. The van der Waals surface area contributed by atoms with Crippen molar-refractivity contribution in [3.05, 3.63) is 34.9 Å². The molecule has 2 aromatic rings. The van der Waals surface area contributed by atoms with E-state index in [0.29, 0.717) is 0 Å². The minimum Gasteiger partial charge on any atom is -0.389 e. The summed E-state index contributed by atoms with van der Waals surface area (Å²) in [4.78, 5) is 0. The van der Waals surface area contributed by atoms with E-state index in [4.69, 9.17) is 0 Å². The minimum atomic E-state index is -0.452. The lowest BCUT2D eigenvalue weighted by Crippen LogP contribution is -2.08. The van der Waals surface area contributed by atoms with E-state index in [1.165, 1.54) is 5.56 Å². The molecule has 0 aliphatic carbocycles. The molecule has 1 N–H and O–H groups in total. The summed E-state index contributed by atoms with van der Waals surface area (Å²) in [5.41, 5.74) is 4.40. The highest BCUT2D eigenvalue weighted by Gasteiger charge is 2.18. The molecule has 20 heavy (non-hydrogen) atoms. The zero-order valence-corrected chi connectivity index (χ0v) is 12.8. The molecule has 0 saturated carbocycles. The van der Waals surface area contributed by atoms with Gasteiger partial charge in [0.2, 0.25) is 0 Å². The van der Waals surface area contributed by atoms with Gasteiger partial charge in [-0.15, -0.1) is 0 Å². The Morgan fingerprint density at radius 2 is 2.05 bits per heavy atom. The minimum absolute atomic E-state index is 0.452. The molecule has 2 heterocycles.